The quantitative estimate of drug-likeness (QED) is 0.254. The van der Waals surface area contributed by atoms with Crippen LogP contribution in [-0.2, 0) is 0 Å². The van der Waals surface area contributed by atoms with E-state index in [0.717, 1.165) is 0 Å². The van der Waals surface area contributed by atoms with Crippen LogP contribution in [-0.4, -0.2) is 18.0 Å². The maximum absolute atomic E-state index is 2.65. The maximum atomic E-state index is 2.65. The van der Waals surface area contributed by atoms with Crippen LogP contribution < -0.4 is 32.8 Å². The Labute approximate surface area is 226 Å². The van der Waals surface area contributed by atoms with Crippen LogP contribution in [0.25, 0.3) is 49.0 Å². The van der Waals surface area contributed by atoms with Crippen molar-refractivity contribution in [3.8, 4) is 5.69 Å². The number of nitrogens with zero attached hydrogens (tertiary/aromatic N) is 1. The van der Waals surface area contributed by atoms with Gasteiger partial charge >= 0.3 is 0 Å². The van der Waals surface area contributed by atoms with Crippen molar-refractivity contribution in [1.82, 2.24) is 4.57 Å². The maximum Gasteiger partial charge on any atom is 0.246 e. The summed E-state index contributed by atoms with van der Waals surface area (Å²) in [6, 6.07) is 47.8. The fourth-order valence-electron chi connectivity index (χ4n) is 8.05. The molecule has 7 aromatic carbocycles. The molecular weight excluding hydrogens is 468 g/mol. The molecule has 2 aliphatic rings. The third-order valence-corrected chi connectivity index (χ3v) is 9.45. The fraction of sp³-hybridized carbons (Fsp3) is 0. The minimum Gasteiger partial charge on any atom is -0.311 e. The predicted molar refractivity (Wildman–Crippen MR) is 169 cm³/mol. The lowest BCUT2D eigenvalue weighted by Gasteiger charge is -2.34. The Bertz CT molecular complexity index is 2130. The van der Waals surface area contributed by atoms with Gasteiger partial charge in [0.05, 0.1) is 0 Å². The largest absolute Gasteiger partial charge is 0.311 e. The zero-order valence-corrected chi connectivity index (χ0v) is 21.2. The van der Waals surface area contributed by atoms with Gasteiger partial charge < -0.3 is 4.57 Å². The van der Waals surface area contributed by atoms with Crippen LogP contribution in [0.2, 0.25) is 0 Å². The Hall–Kier alpha value is -4.75. The molecule has 0 N–H and O–H groups in total. The molecule has 0 fully saturated rings. The molecule has 0 atom stereocenters. The standard InChI is InChI=1S/C36H21B2N/c1-3-10-22(11-4-1)37-28-16-9-17-29-34(28)39-35-30(37)20-18-26-24-14-7-8-15-25(24)27-19-21-31(36(39)33(27)32(26)35)38(29)23-12-5-2-6-13-23/h1-21H. The van der Waals surface area contributed by atoms with Crippen LogP contribution >= 0.6 is 0 Å². The Morgan fingerprint density at radius 1 is 0.359 bits per heavy atom. The molecule has 0 bridgehead atoms. The van der Waals surface area contributed by atoms with Gasteiger partial charge in [-0.25, -0.2) is 0 Å². The molecule has 0 amide bonds. The average molecular weight is 489 g/mol. The number of aromatic nitrogens is 1. The van der Waals surface area contributed by atoms with E-state index in [1.165, 1.54) is 81.8 Å². The van der Waals surface area contributed by atoms with E-state index < -0.39 is 0 Å². The lowest BCUT2D eigenvalue weighted by Crippen LogP contribution is -2.63. The Balaban J connectivity index is 1.51. The van der Waals surface area contributed by atoms with Gasteiger partial charge in [0.25, 0.3) is 0 Å². The van der Waals surface area contributed by atoms with E-state index in [0.29, 0.717) is 0 Å². The van der Waals surface area contributed by atoms with Gasteiger partial charge in [0.2, 0.25) is 13.4 Å². The van der Waals surface area contributed by atoms with Crippen LogP contribution in [0.1, 0.15) is 0 Å². The Morgan fingerprint density at radius 2 is 0.821 bits per heavy atom. The first-order chi connectivity index (χ1) is 19.4. The first-order valence-corrected chi connectivity index (χ1v) is 13.9. The highest BCUT2D eigenvalue weighted by molar-refractivity contribution is 7.02. The van der Waals surface area contributed by atoms with E-state index in [2.05, 4.69) is 132 Å². The number of fused-ring (bicyclic) bond motifs is 3. The number of para-hydroxylation sites is 1. The first-order valence-electron chi connectivity index (χ1n) is 13.9. The molecule has 0 saturated carbocycles. The van der Waals surface area contributed by atoms with Crippen molar-refractivity contribution in [3.63, 3.8) is 0 Å². The Kier molecular flexibility index (Phi) is 3.64. The fourth-order valence-corrected chi connectivity index (χ4v) is 8.05. The second-order valence-electron chi connectivity index (χ2n) is 11.2. The van der Waals surface area contributed by atoms with E-state index >= 15 is 0 Å². The van der Waals surface area contributed by atoms with Gasteiger partial charge in [-0.05, 0) is 43.4 Å². The zero-order valence-electron chi connectivity index (χ0n) is 21.2. The molecule has 3 heterocycles. The van der Waals surface area contributed by atoms with Gasteiger partial charge in [0.15, 0.2) is 0 Å². The van der Waals surface area contributed by atoms with E-state index in [1.807, 2.05) is 0 Å². The molecule has 1 aromatic heterocycles. The molecule has 0 spiro atoms. The van der Waals surface area contributed by atoms with Gasteiger partial charge in [-0.1, -0.05) is 138 Å². The van der Waals surface area contributed by atoms with Crippen molar-refractivity contribution in [2.75, 3.05) is 0 Å². The molecule has 10 rings (SSSR count). The average Bonchev–Trinajstić information content (AvgIpc) is 3.37. The normalized spacial score (nSPS) is 13.5. The van der Waals surface area contributed by atoms with Gasteiger partial charge in [-0.3, -0.25) is 0 Å². The minimum atomic E-state index is 0.200. The molecule has 8 aromatic rings. The lowest BCUT2D eigenvalue weighted by molar-refractivity contribution is 1.20. The van der Waals surface area contributed by atoms with Crippen molar-refractivity contribution in [2.24, 2.45) is 0 Å². The van der Waals surface area contributed by atoms with E-state index in [-0.39, 0.29) is 13.4 Å². The minimum absolute atomic E-state index is 0.200. The van der Waals surface area contributed by atoms with Gasteiger partial charge in [-0.15, -0.1) is 0 Å². The van der Waals surface area contributed by atoms with Crippen LogP contribution in [0.4, 0.5) is 0 Å². The molecule has 1 nitrogen and oxygen atoms in total. The molecule has 2 aliphatic heterocycles. The summed E-state index contributed by atoms with van der Waals surface area (Å²) in [5.74, 6) is 0. The van der Waals surface area contributed by atoms with Crippen molar-refractivity contribution < 1.29 is 0 Å². The summed E-state index contributed by atoms with van der Waals surface area (Å²) in [4.78, 5) is 0. The number of rotatable bonds is 2. The van der Waals surface area contributed by atoms with E-state index in [1.54, 1.807) is 0 Å². The Morgan fingerprint density at radius 3 is 1.31 bits per heavy atom. The van der Waals surface area contributed by atoms with Crippen molar-refractivity contribution in [3.05, 3.63) is 127 Å². The molecular formula is C36H21B2N. The summed E-state index contributed by atoms with van der Waals surface area (Å²) in [6.07, 6.45) is 0. The molecule has 3 heteroatoms. The number of benzene rings is 7. The topological polar surface area (TPSA) is 4.93 Å². The molecule has 0 aliphatic carbocycles. The van der Waals surface area contributed by atoms with Gasteiger partial charge in [0.1, 0.15) is 0 Å². The summed E-state index contributed by atoms with van der Waals surface area (Å²) < 4.78 is 2.65. The van der Waals surface area contributed by atoms with Crippen molar-refractivity contribution in [1.29, 1.82) is 0 Å². The third kappa shape index (κ3) is 2.32. The van der Waals surface area contributed by atoms with Gasteiger partial charge in [-0.2, -0.15) is 0 Å². The van der Waals surface area contributed by atoms with Crippen molar-refractivity contribution >= 4 is 89.6 Å². The van der Waals surface area contributed by atoms with Crippen LogP contribution in [0.15, 0.2) is 127 Å². The molecule has 0 saturated heterocycles. The summed E-state index contributed by atoms with van der Waals surface area (Å²) in [7, 11) is 0. The monoisotopic (exact) mass is 489 g/mol. The van der Waals surface area contributed by atoms with E-state index in [4.69, 9.17) is 0 Å². The summed E-state index contributed by atoms with van der Waals surface area (Å²) in [5, 5.41) is 8.27. The predicted octanol–water partition coefficient (Wildman–Crippen LogP) is 4.19. The highest BCUT2D eigenvalue weighted by atomic mass is 15.0. The summed E-state index contributed by atoms with van der Waals surface area (Å²) in [6.45, 7) is 0.399. The van der Waals surface area contributed by atoms with Crippen molar-refractivity contribution in [2.45, 2.75) is 0 Å². The number of hydrogen-bond acceptors (Lipinski definition) is 0. The molecule has 39 heavy (non-hydrogen) atoms. The SMILES string of the molecule is c1ccc(B2c3cccc4c3-n3c5c2ccc2c6ccccc6c6ccc(c3c6c25)B4c2ccccc2)cc1. The molecule has 176 valence electrons. The lowest BCUT2D eigenvalue weighted by atomic mass is 9.31. The van der Waals surface area contributed by atoms with Gasteiger partial charge in [0, 0.05) is 27.5 Å². The van der Waals surface area contributed by atoms with Crippen LogP contribution in [0.3, 0.4) is 0 Å². The molecule has 0 unspecified atom stereocenters. The number of hydrogen-bond donors (Lipinski definition) is 0. The third-order valence-electron chi connectivity index (χ3n) is 9.45. The highest BCUT2D eigenvalue weighted by Gasteiger charge is 2.41. The summed E-state index contributed by atoms with van der Waals surface area (Å²) >= 11 is 0. The smallest absolute Gasteiger partial charge is 0.246 e. The zero-order chi connectivity index (χ0) is 25.2. The van der Waals surface area contributed by atoms with Crippen LogP contribution in [0, 0.1) is 0 Å². The van der Waals surface area contributed by atoms with E-state index in [9.17, 15) is 0 Å². The second-order valence-corrected chi connectivity index (χ2v) is 11.2. The highest BCUT2D eigenvalue weighted by Crippen LogP contribution is 2.44. The van der Waals surface area contributed by atoms with Crippen LogP contribution in [0.5, 0.6) is 0 Å². The second kappa shape index (κ2) is 7.01. The summed E-state index contributed by atoms with van der Waals surface area (Å²) in [5.41, 5.74) is 12.5. The first kappa shape index (κ1) is 20.2. The molecule has 0 radical (unpaired) electrons.